The van der Waals surface area contributed by atoms with Crippen LogP contribution in [0.3, 0.4) is 0 Å². The van der Waals surface area contributed by atoms with E-state index in [1.807, 2.05) is 31.2 Å². The first kappa shape index (κ1) is 20.1. The van der Waals surface area contributed by atoms with E-state index in [2.05, 4.69) is 14.5 Å². The Morgan fingerprint density at radius 3 is 2.80 bits per heavy atom. The van der Waals surface area contributed by atoms with Gasteiger partial charge in [0.2, 0.25) is 5.91 Å². The number of nitrogens with one attached hydrogen (secondary N) is 1. The van der Waals surface area contributed by atoms with Crippen LogP contribution in [0.4, 0.5) is 0 Å². The molecule has 0 bridgehead atoms. The average Bonchev–Trinajstić information content (AvgIpc) is 3.29. The minimum Gasteiger partial charge on any atom is -0.389 e. The highest BCUT2D eigenvalue weighted by Crippen LogP contribution is 2.22. The molecule has 1 amide bonds. The Bertz CT molecular complexity index is 1210. The Hall–Kier alpha value is -3.20. The van der Waals surface area contributed by atoms with Crippen LogP contribution in [0, 0.1) is 6.92 Å². The molecule has 158 valence electrons. The van der Waals surface area contributed by atoms with Crippen molar-refractivity contribution in [2.75, 3.05) is 13.1 Å². The monoisotopic (exact) mass is 411 g/mol. The third kappa shape index (κ3) is 3.56. The molecule has 0 unspecified atom stereocenters. The number of aryl methyl sites for hydroxylation is 3. The van der Waals surface area contributed by atoms with E-state index in [9.17, 15) is 19.5 Å². The standard InChI is InChI=1S/C21H25N5O4/c1-3-18-22-14-6-4-5-7-15(14)25(18)9-8-19(28)24-11-16(17(27)12-24)26-10-13(2)20(29)23-21(26)30/h4-7,10,16-17,27H,3,8-9,11-12H2,1-2H3,(H,23,29,30)/t16-,17-/m1/s1. The zero-order valence-corrected chi connectivity index (χ0v) is 17.0. The summed E-state index contributed by atoms with van der Waals surface area (Å²) in [4.78, 5) is 45.1. The fourth-order valence-electron chi connectivity index (χ4n) is 4.09. The Labute approximate surface area is 172 Å². The SMILES string of the molecule is CCc1nc2ccccc2n1CCC(=O)N1C[C@@H](O)[C@H](n2cc(C)c(=O)[nH]c2=O)C1. The maximum Gasteiger partial charge on any atom is 0.328 e. The molecule has 1 saturated heterocycles. The van der Waals surface area contributed by atoms with E-state index in [1.54, 1.807) is 11.8 Å². The van der Waals surface area contributed by atoms with E-state index in [0.717, 1.165) is 23.3 Å². The van der Waals surface area contributed by atoms with Crippen LogP contribution in [0.25, 0.3) is 11.0 Å². The number of hydrogen-bond donors (Lipinski definition) is 2. The summed E-state index contributed by atoms with van der Waals surface area (Å²) >= 11 is 0. The first-order chi connectivity index (χ1) is 14.4. The van der Waals surface area contributed by atoms with E-state index < -0.39 is 23.4 Å². The molecule has 2 atom stereocenters. The van der Waals surface area contributed by atoms with E-state index >= 15 is 0 Å². The average molecular weight is 411 g/mol. The highest BCUT2D eigenvalue weighted by atomic mass is 16.3. The molecule has 1 aliphatic rings. The van der Waals surface area contributed by atoms with Crippen molar-refractivity contribution >= 4 is 16.9 Å². The first-order valence-electron chi connectivity index (χ1n) is 10.1. The lowest BCUT2D eigenvalue weighted by Crippen LogP contribution is -2.37. The molecule has 30 heavy (non-hydrogen) atoms. The van der Waals surface area contributed by atoms with Crippen LogP contribution in [0.1, 0.15) is 30.8 Å². The molecule has 0 saturated carbocycles. The zero-order chi connectivity index (χ0) is 21.4. The van der Waals surface area contributed by atoms with Gasteiger partial charge in [-0.3, -0.25) is 19.1 Å². The Balaban J connectivity index is 1.49. The first-order valence-corrected chi connectivity index (χ1v) is 10.1. The fraction of sp³-hybridized carbons (Fsp3) is 0.429. The predicted molar refractivity (Wildman–Crippen MR) is 111 cm³/mol. The maximum atomic E-state index is 12.8. The summed E-state index contributed by atoms with van der Waals surface area (Å²) in [6.45, 7) is 4.50. The largest absolute Gasteiger partial charge is 0.389 e. The summed E-state index contributed by atoms with van der Waals surface area (Å²) in [5.41, 5.74) is 1.26. The van der Waals surface area contributed by atoms with Crippen molar-refractivity contribution in [3.8, 4) is 0 Å². The molecule has 1 aliphatic heterocycles. The number of aliphatic hydroxyl groups excluding tert-OH is 1. The molecule has 1 fully saturated rings. The smallest absolute Gasteiger partial charge is 0.328 e. The molecule has 0 radical (unpaired) electrons. The van der Waals surface area contributed by atoms with Gasteiger partial charge < -0.3 is 14.6 Å². The van der Waals surface area contributed by atoms with Gasteiger partial charge in [-0.25, -0.2) is 9.78 Å². The predicted octanol–water partition coefficient (Wildman–Crippen LogP) is 0.592. The van der Waals surface area contributed by atoms with Crippen LogP contribution in [-0.2, 0) is 17.8 Å². The number of benzene rings is 1. The highest BCUT2D eigenvalue weighted by Gasteiger charge is 2.35. The molecular weight excluding hydrogens is 386 g/mol. The number of β-amino-alcohol motifs (C(OH)–C–C–N with tert-alkyl or cyclic N) is 1. The van der Waals surface area contributed by atoms with Gasteiger partial charge in [0.1, 0.15) is 5.82 Å². The topological polar surface area (TPSA) is 113 Å². The van der Waals surface area contributed by atoms with Crippen molar-refractivity contribution in [1.82, 2.24) is 24.0 Å². The lowest BCUT2D eigenvalue weighted by Gasteiger charge is -2.18. The molecule has 2 aromatic heterocycles. The molecular formula is C21H25N5O4. The van der Waals surface area contributed by atoms with Crippen LogP contribution in [0.2, 0.25) is 0 Å². The van der Waals surface area contributed by atoms with Gasteiger partial charge in [-0.2, -0.15) is 0 Å². The molecule has 9 heteroatoms. The number of nitrogens with zero attached hydrogens (tertiary/aromatic N) is 4. The van der Waals surface area contributed by atoms with Crippen molar-refractivity contribution in [3.05, 3.63) is 62.7 Å². The molecule has 0 spiro atoms. The summed E-state index contributed by atoms with van der Waals surface area (Å²) in [5, 5.41) is 10.5. The van der Waals surface area contributed by atoms with Crippen molar-refractivity contribution in [2.24, 2.45) is 0 Å². The summed E-state index contributed by atoms with van der Waals surface area (Å²) < 4.78 is 3.38. The lowest BCUT2D eigenvalue weighted by molar-refractivity contribution is -0.130. The van der Waals surface area contributed by atoms with E-state index in [-0.39, 0.29) is 25.4 Å². The number of amides is 1. The zero-order valence-electron chi connectivity index (χ0n) is 17.0. The Morgan fingerprint density at radius 1 is 1.27 bits per heavy atom. The number of para-hydroxylation sites is 2. The molecule has 3 aromatic rings. The Kier molecular flexibility index (Phi) is 5.29. The van der Waals surface area contributed by atoms with Crippen molar-refractivity contribution in [2.45, 2.75) is 45.4 Å². The maximum absolute atomic E-state index is 12.8. The van der Waals surface area contributed by atoms with Crippen LogP contribution < -0.4 is 11.2 Å². The molecule has 9 nitrogen and oxygen atoms in total. The summed E-state index contributed by atoms with van der Waals surface area (Å²) in [7, 11) is 0. The van der Waals surface area contributed by atoms with Gasteiger partial charge in [0.05, 0.1) is 23.2 Å². The number of fused-ring (bicyclic) bond motifs is 1. The van der Waals surface area contributed by atoms with Gasteiger partial charge in [-0.1, -0.05) is 19.1 Å². The van der Waals surface area contributed by atoms with Gasteiger partial charge >= 0.3 is 5.69 Å². The quantitative estimate of drug-likeness (QED) is 0.638. The minimum absolute atomic E-state index is 0.0921. The highest BCUT2D eigenvalue weighted by molar-refractivity contribution is 5.78. The molecule has 4 rings (SSSR count). The number of aromatic nitrogens is 4. The van der Waals surface area contributed by atoms with Crippen LogP contribution in [-0.4, -0.2) is 54.2 Å². The van der Waals surface area contributed by atoms with Gasteiger partial charge in [-0.05, 0) is 19.1 Å². The number of carbonyl (C=O) groups excluding carboxylic acids is 1. The van der Waals surface area contributed by atoms with E-state index in [4.69, 9.17) is 0 Å². The number of rotatable bonds is 5. The number of carbonyl (C=O) groups is 1. The summed E-state index contributed by atoms with van der Waals surface area (Å²) in [6, 6.07) is 7.26. The number of imidazole rings is 1. The van der Waals surface area contributed by atoms with Crippen LogP contribution in [0.15, 0.2) is 40.1 Å². The minimum atomic E-state index is -0.878. The second-order valence-electron chi connectivity index (χ2n) is 7.68. The third-order valence-electron chi connectivity index (χ3n) is 5.71. The number of H-pyrrole nitrogens is 1. The van der Waals surface area contributed by atoms with Crippen molar-refractivity contribution in [1.29, 1.82) is 0 Å². The summed E-state index contributed by atoms with van der Waals surface area (Å²) in [6.07, 6.45) is 1.60. The second-order valence-corrected chi connectivity index (χ2v) is 7.68. The van der Waals surface area contributed by atoms with E-state index in [0.29, 0.717) is 12.1 Å². The van der Waals surface area contributed by atoms with Gasteiger partial charge in [0.15, 0.2) is 0 Å². The molecule has 0 aliphatic carbocycles. The van der Waals surface area contributed by atoms with Gasteiger partial charge in [0.25, 0.3) is 5.56 Å². The number of likely N-dealkylation sites (tertiary alicyclic amines) is 1. The third-order valence-corrected chi connectivity index (χ3v) is 5.71. The molecule has 1 aromatic carbocycles. The lowest BCUT2D eigenvalue weighted by atomic mass is 10.2. The van der Waals surface area contributed by atoms with Crippen LogP contribution in [0.5, 0.6) is 0 Å². The molecule has 3 heterocycles. The number of aliphatic hydroxyl groups is 1. The van der Waals surface area contributed by atoms with Crippen LogP contribution >= 0.6 is 0 Å². The number of hydrogen-bond acceptors (Lipinski definition) is 5. The normalized spacial score (nSPS) is 19.0. The summed E-state index contributed by atoms with van der Waals surface area (Å²) in [5.74, 6) is 0.837. The van der Waals surface area contributed by atoms with Crippen molar-refractivity contribution in [3.63, 3.8) is 0 Å². The fourth-order valence-corrected chi connectivity index (χ4v) is 4.09. The molecule has 2 N–H and O–H groups in total. The van der Waals surface area contributed by atoms with Gasteiger partial charge in [-0.15, -0.1) is 0 Å². The van der Waals surface area contributed by atoms with Crippen molar-refractivity contribution < 1.29 is 9.90 Å². The van der Waals surface area contributed by atoms with Gasteiger partial charge in [0, 0.05) is 44.2 Å². The van der Waals surface area contributed by atoms with E-state index in [1.165, 1.54) is 10.8 Å². The Morgan fingerprint density at radius 2 is 2.03 bits per heavy atom. The number of aromatic amines is 1. The second kappa shape index (κ2) is 7.91.